The van der Waals surface area contributed by atoms with Gasteiger partial charge in [0.05, 0.1) is 10.9 Å². The number of nitrogens with zero attached hydrogens (tertiary/aromatic N) is 3. The quantitative estimate of drug-likeness (QED) is 0.740. The van der Waals surface area contributed by atoms with Crippen molar-refractivity contribution < 1.29 is 0 Å². The molecule has 0 fully saturated rings. The fraction of sp³-hybridized carbons (Fsp3) is 0.368. The highest BCUT2D eigenvalue weighted by atomic mass is 16.2. The molecule has 0 bridgehead atoms. The average Bonchev–Trinajstić information content (AvgIpc) is 2.95. The lowest BCUT2D eigenvalue weighted by Gasteiger charge is -2.11. The van der Waals surface area contributed by atoms with Gasteiger partial charge < -0.3 is 4.57 Å². The molecule has 0 saturated carbocycles. The molecule has 2 heterocycles. The number of hydrogen-bond donors (Lipinski definition) is 0. The molecule has 0 unspecified atom stereocenters. The molecule has 0 atom stereocenters. The van der Waals surface area contributed by atoms with Crippen LogP contribution < -0.4 is 11.2 Å². The van der Waals surface area contributed by atoms with Crippen LogP contribution >= 0.6 is 0 Å². The van der Waals surface area contributed by atoms with Crippen molar-refractivity contribution in [2.45, 2.75) is 33.9 Å². The molecule has 0 aliphatic carbocycles. The molecule has 3 rings (SSSR count). The van der Waals surface area contributed by atoms with Gasteiger partial charge in [0.2, 0.25) is 0 Å². The summed E-state index contributed by atoms with van der Waals surface area (Å²) in [6, 6.07) is 8.32. The Morgan fingerprint density at radius 1 is 1.04 bits per heavy atom. The van der Waals surface area contributed by atoms with Gasteiger partial charge in [-0.3, -0.25) is 13.9 Å². The van der Waals surface area contributed by atoms with Gasteiger partial charge in [0.1, 0.15) is 0 Å². The summed E-state index contributed by atoms with van der Waals surface area (Å²) in [6.07, 6.45) is 3.74. The van der Waals surface area contributed by atoms with Crippen LogP contribution in [0.1, 0.15) is 25.0 Å². The van der Waals surface area contributed by atoms with Gasteiger partial charge in [0.25, 0.3) is 5.56 Å². The minimum atomic E-state index is -0.255. The summed E-state index contributed by atoms with van der Waals surface area (Å²) in [5, 5.41) is 0.588. The Hall–Kier alpha value is -2.56. The first-order valence-electron chi connectivity index (χ1n) is 8.21. The summed E-state index contributed by atoms with van der Waals surface area (Å²) in [4.78, 5) is 24.9. The van der Waals surface area contributed by atoms with Gasteiger partial charge in [-0.1, -0.05) is 43.7 Å². The normalized spacial score (nSPS) is 11.5. The molecule has 0 saturated heterocycles. The standard InChI is InChI=1S/C19H23N3O2/c1-13(2)9-22-17-12-21(10-15-7-5-14(3)6-8-15)11-16(17)18(23)20(4)19(22)24/h5-8,11-13H,9-10H2,1-4H3. The third-order valence-corrected chi connectivity index (χ3v) is 4.24. The minimum absolute atomic E-state index is 0.238. The predicted octanol–water partition coefficient (Wildman–Crippen LogP) is 2.51. The van der Waals surface area contributed by atoms with Crippen LogP contribution in [0.15, 0.2) is 46.2 Å². The van der Waals surface area contributed by atoms with Crippen LogP contribution in [0.4, 0.5) is 0 Å². The summed E-state index contributed by atoms with van der Waals surface area (Å²) < 4.78 is 4.88. The van der Waals surface area contributed by atoms with Crippen molar-refractivity contribution in [3.8, 4) is 0 Å². The molecule has 0 spiro atoms. The first-order valence-corrected chi connectivity index (χ1v) is 8.21. The number of rotatable bonds is 4. The van der Waals surface area contributed by atoms with Crippen molar-refractivity contribution in [1.29, 1.82) is 0 Å². The zero-order valence-corrected chi connectivity index (χ0v) is 14.6. The maximum absolute atomic E-state index is 12.5. The predicted molar refractivity (Wildman–Crippen MR) is 96.6 cm³/mol. The van der Waals surface area contributed by atoms with E-state index in [-0.39, 0.29) is 11.2 Å². The van der Waals surface area contributed by atoms with E-state index >= 15 is 0 Å². The van der Waals surface area contributed by atoms with Crippen LogP contribution in [0, 0.1) is 12.8 Å². The average molecular weight is 325 g/mol. The number of aromatic nitrogens is 3. The molecule has 0 radical (unpaired) electrons. The molecule has 0 N–H and O–H groups in total. The molecule has 3 aromatic rings. The largest absolute Gasteiger partial charge is 0.347 e. The van der Waals surface area contributed by atoms with Crippen molar-refractivity contribution >= 4 is 10.9 Å². The number of hydrogen-bond acceptors (Lipinski definition) is 2. The van der Waals surface area contributed by atoms with Crippen LogP contribution in [0.25, 0.3) is 10.9 Å². The van der Waals surface area contributed by atoms with Gasteiger partial charge in [-0.25, -0.2) is 4.79 Å². The Morgan fingerprint density at radius 2 is 1.71 bits per heavy atom. The van der Waals surface area contributed by atoms with E-state index in [1.54, 1.807) is 4.57 Å². The highest BCUT2D eigenvalue weighted by Gasteiger charge is 2.14. The van der Waals surface area contributed by atoms with Gasteiger partial charge in [-0.05, 0) is 18.4 Å². The number of benzene rings is 1. The lowest BCUT2D eigenvalue weighted by Crippen LogP contribution is -2.38. The molecule has 0 aliphatic rings. The molecular weight excluding hydrogens is 302 g/mol. The van der Waals surface area contributed by atoms with Crippen LogP contribution in [-0.4, -0.2) is 13.7 Å². The van der Waals surface area contributed by atoms with Crippen LogP contribution in [0.2, 0.25) is 0 Å². The molecule has 2 aromatic heterocycles. The van der Waals surface area contributed by atoms with Gasteiger partial charge in [-0.2, -0.15) is 0 Å². The van der Waals surface area contributed by atoms with E-state index in [2.05, 4.69) is 45.0 Å². The van der Waals surface area contributed by atoms with E-state index < -0.39 is 0 Å². The van der Waals surface area contributed by atoms with Crippen molar-refractivity contribution in [1.82, 2.24) is 13.7 Å². The second-order valence-corrected chi connectivity index (χ2v) is 6.87. The van der Waals surface area contributed by atoms with Gasteiger partial charge >= 0.3 is 5.69 Å². The van der Waals surface area contributed by atoms with E-state index in [9.17, 15) is 9.59 Å². The third-order valence-electron chi connectivity index (χ3n) is 4.24. The third kappa shape index (κ3) is 2.94. The van der Waals surface area contributed by atoms with Gasteiger partial charge in [-0.15, -0.1) is 0 Å². The van der Waals surface area contributed by atoms with Gasteiger partial charge in [0, 0.05) is 32.5 Å². The number of fused-ring (bicyclic) bond motifs is 1. The molecule has 5 heteroatoms. The Morgan fingerprint density at radius 3 is 2.33 bits per heavy atom. The molecule has 0 amide bonds. The molecule has 5 nitrogen and oxygen atoms in total. The highest BCUT2D eigenvalue weighted by Crippen LogP contribution is 2.14. The van der Waals surface area contributed by atoms with Crippen molar-refractivity contribution in [2.24, 2.45) is 13.0 Å². The number of aryl methyl sites for hydroxylation is 1. The fourth-order valence-electron chi connectivity index (χ4n) is 2.96. The van der Waals surface area contributed by atoms with E-state index in [0.29, 0.717) is 29.9 Å². The summed E-state index contributed by atoms with van der Waals surface area (Å²) in [7, 11) is 1.54. The van der Waals surface area contributed by atoms with Crippen molar-refractivity contribution in [2.75, 3.05) is 0 Å². The lowest BCUT2D eigenvalue weighted by molar-refractivity contribution is 0.502. The van der Waals surface area contributed by atoms with Crippen molar-refractivity contribution in [3.05, 3.63) is 68.6 Å². The van der Waals surface area contributed by atoms with Crippen LogP contribution in [-0.2, 0) is 20.1 Å². The molecule has 126 valence electrons. The Balaban J connectivity index is 2.12. The second kappa shape index (κ2) is 6.15. The summed E-state index contributed by atoms with van der Waals surface area (Å²) >= 11 is 0. The fourth-order valence-corrected chi connectivity index (χ4v) is 2.96. The van der Waals surface area contributed by atoms with Crippen molar-refractivity contribution in [3.63, 3.8) is 0 Å². The topological polar surface area (TPSA) is 48.9 Å². The van der Waals surface area contributed by atoms with E-state index in [4.69, 9.17) is 0 Å². The summed E-state index contributed by atoms with van der Waals surface area (Å²) in [5.74, 6) is 0.323. The summed E-state index contributed by atoms with van der Waals surface area (Å²) in [5.41, 5.74) is 2.60. The highest BCUT2D eigenvalue weighted by molar-refractivity contribution is 5.77. The SMILES string of the molecule is Cc1ccc(Cn2cc3c(=O)n(C)c(=O)n(CC(C)C)c3c2)cc1. The molecule has 1 aromatic carbocycles. The second-order valence-electron chi connectivity index (χ2n) is 6.87. The van der Waals surface area contributed by atoms with E-state index in [1.165, 1.54) is 17.2 Å². The first kappa shape index (κ1) is 16.3. The maximum Gasteiger partial charge on any atom is 0.331 e. The molecule has 0 aliphatic heterocycles. The zero-order valence-electron chi connectivity index (χ0n) is 14.6. The Bertz CT molecular complexity index is 988. The zero-order chi connectivity index (χ0) is 17.4. The van der Waals surface area contributed by atoms with E-state index in [1.807, 2.05) is 17.0 Å². The molecule has 24 heavy (non-hydrogen) atoms. The Kier molecular flexibility index (Phi) is 4.18. The van der Waals surface area contributed by atoms with E-state index in [0.717, 1.165) is 5.56 Å². The monoisotopic (exact) mass is 325 g/mol. The summed E-state index contributed by atoms with van der Waals surface area (Å²) in [6.45, 7) is 7.45. The maximum atomic E-state index is 12.5. The van der Waals surface area contributed by atoms with Gasteiger partial charge in [0.15, 0.2) is 0 Å². The van der Waals surface area contributed by atoms with Crippen LogP contribution in [0.5, 0.6) is 0 Å². The lowest BCUT2D eigenvalue weighted by atomic mass is 10.1. The first-order chi connectivity index (χ1) is 11.4. The Labute approximate surface area is 140 Å². The van der Waals surface area contributed by atoms with Crippen LogP contribution in [0.3, 0.4) is 0 Å². The minimum Gasteiger partial charge on any atom is -0.347 e. The molecular formula is C19H23N3O2. The smallest absolute Gasteiger partial charge is 0.331 e.